The lowest BCUT2D eigenvalue weighted by Gasteiger charge is -2.20. The molecule has 0 aromatic heterocycles. The first-order valence-electron chi connectivity index (χ1n) is 34.3. The zero-order chi connectivity index (χ0) is 55.0. The maximum atomic E-state index is 12.4. The van der Waals surface area contributed by atoms with Gasteiger partial charge in [0.25, 0.3) is 0 Å². The molecule has 0 heterocycles. The van der Waals surface area contributed by atoms with E-state index in [2.05, 4.69) is 43.5 Å². The van der Waals surface area contributed by atoms with Crippen LogP contribution in [0.5, 0.6) is 0 Å². The SMILES string of the molecule is CCCC/C=C\C/C=C\CCCCCCCC(=O)OCCCCCCCCCCCCCCCCCCCCCCCCCCCCCCCCCCCCCC(=O)NC(CO)C(O)/C=C/CCCCCCCCCC. The molecule has 448 valence electrons. The Kier molecular flexibility index (Phi) is 63.9. The largest absolute Gasteiger partial charge is 0.466 e. The summed E-state index contributed by atoms with van der Waals surface area (Å²) in [6.45, 7) is 4.86. The van der Waals surface area contributed by atoms with Crippen molar-refractivity contribution in [3.05, 3.63) is 36.5 Å². The minimum Gasteiger partial charge on any atom is -0.466 e. The molecule has 0 rings (SSSR count). The molecule has 0 spiro atoms. The van der Waals surface area contributed by atoms with Crippen LogP contribution in [0.2, 0.25) is 0 Å². The van der Waals surface area contributed by atoms with E-state index in [1.165, 1.54) is 295 Å². The van der Waals surface area contributed by atoms with Crippen molar-refractivity contribution in [2.24, 2.45) is 0 Å². The standard InChI is InChI=1S/C70H133NO5/c1-3-5-7-9-11-13-15-16-41-44-48-52-56-60-64-70(75)76-65-61-57-53-49-45-42-39-37-35-33-31-29-27-25-23-21-19-17-18-20-22-24-26-28-30-32-34-36-38-40-43-47-51-55-59-63-69(74)71-67(66-72)68(73)62-58-54-50-46-14-12-10-8-6-4-2/h9,11,15-16,58,62,67-68,72-73H,3-8,10,12-14,17-57,59-61,63-66H2,1-2H3,(H,71,74)/b11-9-,16-15-,62-58+. The van der Waals surface area contributed by atoms with Gasteiger partial charge in [-0.1, -0.05) is 339 Å². The minimum absolute atomic E-state index is 0.00771. The number of unbranched alkanes of at least 4 members (excludes halogenated alkanes) is 49. The van der Waals surface area contributed by atoms with Gasteiger partial charge in [0.1, 0.15) is 0 Å². The van der Waals surface area contributed by atoms with Crippen molar-refractivity contribution in [1.82, 2.24) is 5.32 Å². The first kappa shape index (κ1) is 74.1. The van der Waals surface area contributed by atoms with E-state index in [0.29, 0.717) is 19.4 Å². The zero-order valence-electron chi connectivity index (χ0n) is 51.3. The average molecular weight is 1070 g/mol. The van der Waals surface area contributed by atoms with Crippen LogP contribution < -0.4 is 5.32 Å². The number of allylic oxidation sites excluding steroid dienone is 5. The predicted molar refractivity (Wildman–Crippen MR) is 333 cm³/mol. The highest BCUT2D eigenvalue weighted by molar-refractivity contribution is 5.76. The number of ether oxygens (including phenoxy) is 1. The minimum atomic E-state index is -0.838. The Balaban J connectivity index is 3.29. The summed E-state index contributed by atoms with van der Waals surface area (Å²) in [6, 6.07) is -0.622. The molecule has 0 saturated heterocycles. The van der Waals surface area contributed by atoms with Crippen LogP contribution in [0, 0.1) is 0 Å². The molecule has 0 bridgehead atoms. The summed E-state index contributed by atoms with van der Waals surface area (Å²) < 4.78 is 5.48. The molecule has 0 aliphatic carbocycles. The van der Waals surface area contributed by atoms with E-state index in [0.717, 1.165) is 51.4 Å². The summed E-state index contributed by atoms with van der Waals surface area (Å²) in [7, 11) is 0. The van der Waals surface area contributed by atoms with Crippen LogP contribution in [0.1, 0.15) is 373 Å². The third kappa shape index (κ3) is 61.3. The van der Waals surface area contributed by atoms with Crippen molar-refractivity contribution in [3.63, 3.8) is 0 Å². The molecule has 3 N–H and O–H groups in total. The van der Waals surface area contributed by atoms with E-state index in [-0.39, 0.29) is 18.5 Å². The lowest BCUT2D eigenvalue weighted by molar-refractivity contribution is -0.143. The van der Waals surface area contributed by atoms with Crippen LogP contribution in [0.25, 0.3) is 0 Å². The number of carbonyl (C=O) groups is 2. The van der Waals surface area contributed by atoms with Crippen LogP contribution in [0.3, 0.4) is 0 Å². The first-order chi connectivity index (χ1) is 37.5. The Hall–Kier alpha value is -1.92. The first-order valence-corrected chi connectivity index (χ1v) is 34.3. The molecule has 6 heteroatoms. The number of amides is 1. The van der Waals surface area contributed by atoms with Crippen LogP contribution in [0.4, 0.5) is 0 Å². The molecule has 0 aromatic carbocycles. The Labute approximate surface area is 474 Å². The van der Waals surface area contributed by atoms with Crippen LogP contribution in [0.15, 0.2) is 36.5 Å². The fourth-order valence-corrected chi connectivity index (χ4v) is 10.7. The van der Waals surface area contributed by atoms with Crippen molar-refractivity contribution in [2.75, 3.05) is 13.2 Å². The molecule has 0 saturated carbocycles. The Morgan fingerprint density at radius 3 is 1.04 bits per heavy atom. The second-order valence-corrected chi connectivity index (χ2v) is 23.5. The maximum absolute atomic E-state index is 12.4. The van der Waals surface area contributed by atoms with E-state index in [1.807, 2.05) is 6.08 Å². The summed E-state index contributed by atoms with van der Waals surface area (Å²) in [6.07, 6.45) is 83.9. The molecular formula is C70H133NO5. The zero-order valence-corrected chi connectivity index (χ0v) is 51.3. The molecular weight excluding hydrogens is 935 g/mol. The van der Waals surface area contributed by atoms with Crippen LogP contribution in [-0.4, -0.2) is 47.4 Å². The molecule has 2 unspecified atom stereocenters. The van der Waals surface area contributed by atoms with Crippen molar-refractivity contribution in [1.29, 1.82) is 0 Å². The van der Waals surface area contributed by atoms with Gasteiger partial charge in [-0.25, -0.2) is 0 Å². The summed E-state index contributed by atoms with van der Waals surface area (Å²) in [4.78, 5) is 24.5. The maximum Gasteiger partial charge on any atom is 0.305 e. The number of esters is 1. The van der Waals surface area contributed by atoms with Gasteiger partial charge in [-0.15, -0.1) is 0 Å². The van der Waals surface area contributed by atoms with Gasteiger partial charge in [-0.2, -0.15) is 0 Å². The normalized spacial score (nSPS) is 12.7. The molecule has 0 aliphatic heterocycles. The van der Waals surface area contributed by atoms with Crippen LogP contribution in [-0.2, 0) is 14.3 Å². The van der Waals surface area contributed by atoms with E-state index >= 15 is 0 Å². The van der Waals surface area contributed by atoms with Gasteiger partial charge in [0.05, 0.1) is 25.4 Å². The van der Waals surface area contributed by atoms with Gasteiger partial charge in [0, 0.05) is 12.8 Å². The van der Waals surface area contributed by atoms with Gasteiger partial charge in [0.2, 0.25) is 5.91 Å². The molecule has 6 nitrogen and oxygen atoms in total. The third-order valence-corrected chi connectivity index (χ3v) is 15.9. The average Bonchev–Trinajstić information content (AvgIpc) is 3.42. The number of hydrogen-bond donors (Lipinski definition) is 3. The number of hydrogen-bond acceptors (Lipinski definition) is 5. The second kappa shape index (κ2) is 65.6. The fraction of sp³-hybridized carbons (Fsp3) is 0.886. The van der Waals surface area contributed by atoms with Crippen molar-refractivity contribution >= 4 is 11.9 Å². The Morgan fingerprint density at radius 1 is 0.368 bits per heavy atom. The lowest BCUT2D eigenvalue weighted by Crippen LogP contribution is -2.45. The van der Waals surface area contributed by atoms with Crippen molar-refractivity contribution in [3.8, 4) is 0 Å². The number of carbonyl (C=O) groups excluding carboxylic acids is 2. The summed E-state index contributed by atoms with van der Waals surface area (Å²) in [5, 5.41) is 23.0. The van der Waals surface area contributed by atoms with Crippen LogP contribution >= 0.6 is 0 Å². The number of aliphatic hydroxyl groups is 2. The lowest BCUT2D eigenvalue weighted by atomic mass is 10.0. The molecule has 0 radical (unpaired) electrons. The molecule has 0 aliphatic rings. The van der Waals surface area contributed by atoms with E-state index in [4.69, 9.17) is 4.74 Å². The molecule has 1 amide bonds. The number of aliphatic hydroxyl groups excluding tert-OH is 2. The molecule has 0 fully saturated rings. The monoisotopic (exact) mass is 1070 g/mol. The number of nitrogens with one attached hydrogen (secondary N) is 1. The van der Waals surface area contributed by atoms with Gasteiger partial charge < -0.3 is 20.3 Å². The van der Waals surface area contributed by atoms with Gasteiger partial charge in [-0.05, 0) is 57.8 Å². The van der Waals surface area contributed by atoms with E-state index in [9.17, 15) is 19.8 Å². The Bertz CT molecular complexity index is 1230. The van der Waals surface area contributed by atoms with Gasteiger partial charge in [0.15, 0.2) is 0 Å². The van der Waals surface area contributed by atoms with E-state index in [1.54, 1.807) is 6.08 Å². The second-order valence-electron chi connectivity index (χ2n) is 23.5. The molecule has 0 aromatic rings. The van der Waals surface area contributed by atoms with Gasteiger partial charge in [-0.3, -0.25) is 9.59 Å². The summed E-state index contributed by atoms with van der Waals surface area (Å²) in [5.74, 6) is -0.0557. The summed E-state index contributed by atoms with van der Waals surface area (Å²) in [5.41, 5.74) is 0. The fourth-order valence-electron chi connectivity index (χ4n) is 10.7. The van der Waals surface area contributed by atoms with E-state index < -0.39 is 12.1 Å². The summed E-state index contributed by atoms with van der Waals surface area (Å²) >= 11 is 0. The molecule has 76 heavy (non-hydrogen) atoms. The smallest absolute Gasteiger partial charge is 0.305 e. The Morgan fingerprint density at radius 2 is 0.671 bits per heavy atom. The highest BCUT2D eigenvalue weighted by atomic mass is 16.5. The third-order valence-electron chi connectivity index (χ3n) is 15.9. The topological polar surface area (TPSA) is 95.9 Å². The van der Waals surface area contributed by atoms with Crippen molar-refractivity contribution in [2.45, 2.75) is 386 Å². The highest BCUT2D eigenvalue weighted by Crippen LogP contribution is 2.19. The quantitative estimate of drug-likeness (QED) is 0.0320. The highest BCUT2D eigenvalue weighted by Gasteiger charge is 2.18. The predicted octanol–water partition coefficient (Wildman–Crippen LogP) is 21.9. The van der Waals surface area contributed by atoms with Gasteiger partial charge >= 0.3 is 5.97 Å². The van der Waals surface area contributed by atoms with Crippen molar-refractivity contribution < 1.29 is 24.5 Å². The molecule has 2 atom stereocenters. The number of rotatable bonds is 64.